The van der Waals surface area contributed by atoms with Crippen LogP contribution in [0.5, 0.6) is 0 Å². The first-order valence-corrected chi connectivity index (χ1v) is 8.41. The molecule has 3 atom stereocenters. The van der Waals surface area contributed by atoms with Gasteiger partial charge in [-0.15, -0.1) is 0 Å². The highest BCUT2D eigenvalue weighted by Crippen LogP contribution is 2.28. The molecule has 1 aromatic rings. The van der Waals surface area contributed by atoms with Gasteiger partial charge in [-0.3, -0.25) is 4.79 Å². The van der Waals surface area contributed by atoms with Gasteiger partial charge in [0.2, 0.25) is 5.91 Å². The molecule has 3 N–H and O–H groups in total. The zero-order valence-corrected chi connectivity index (χ0v) is 13.4. The minimum Gasteiger partial charge on any atom is -0.353 e. The summed E-state index contributed by atoms with van der Waals surface area (Å²) in [4.78, 5) is 18.6. The molecule has 2 fully saturated rings. The molecule has 1 aromatic heterocycles. The van der Waals surface area contributed by atoms with E-state index < -0.39 is 0 Å². The van der Waals surface area contributed by atoms with Gasteiger partial charge >= 0.3 is 0 Å². The Morgan fingerprint density at radius 3 is 3.05 bits per heavy atom. The topological polar surface area (TPSA) is 71.2 Å². The Bertz CT molecular complexity index is 539. The van der Waals surface area contributed by atoms with Crippen molar-refractivity contribution in [3.05, 3.63) is 23.4 Å². The Morgan fingerprint density at radius 2 is 2.32 bits per heavy atom. The van der Waals surface area contributed by atoms with Crippen LogP contribution in [0.1, 0.15) is 32.1 Å². The molecule has 0 spiro atoms. The number of anilines is 1. The third kappa shape index (κ3) is 3.52. The molecule has 1 unspecified atom stereocenters. The number of pyridine rings is 1. The molecule has 1 amide bonds. The van der Waals surface area contributed by atoms with Crippen LogP contribution in [-0.2, 0) is 4.79 Å². The Kier molecular flexibility index (Phi) is 4.84. The molecular weight excluding hydrogens is 300 g/mol. The maximum atomic E-state index is 12.2. The predicted octanol–water partition coefficient (Wildman–Crippen LogP) is 1.95. The van der Waals surface area contributed by atoms with Gasteiger partial charge in [0, 0.05) is 37.8 Å². The molecule has 5 nitrogen and oxygen atoms in total. The van der Waals surface area contributed by atoms with Gasteiger partial charge in [-0.25, -0.2) is 4.98 Å². The van der Waals surface area contributed by atoms with Crippen LogP contribution >= 0.6 is 11.6 Å². The number of aromatic nitrogens is 1. The number of amides is 1. The molecule has 1 aliphatic carbocycles. The van der Waals surface area contributed by atoms with E-state index >= 15 is 0 Å². The van der Waals surface area contributed by atoms with Crippen molar-refractivity contribution in [2.75, 3.05) is 18.0 Å². The fraction of sp³-hybridized carbons (Fsp3) is 0.625. The molecule has 0 bridgehead atoms. The third-order valence-electron chi connectivity index (χ3n) is 4.76. The molecule has 1 saturated heterocycles. The fourth-order valence-electron chi connectivity index (χ4n) is 3.52. The van der Waals surface area contributed by atoms with Crippen molar-refractivity contribution in [3.63, 3.8) is 0 Å². The number of nitrogens with one attached hydrogen (secondary N) is 1. The molecule has 6 heteroatoms. The first-order chi connectivity index (χ1) is 10.6. The number of carbonyl (C=O) groups is 1. The van der Waals surface area contributed by atoms with E-state index in [1.807, 2.05) is 12.1 Å². The summed E-state index contributed by atoms with van der Waals surface area (Å²) in [6, 6.07) is 4.03. The number of nitrogens with two attached hydrogens (primary N) is 1. The van der Waals surface area contributed by atoms with Gasteiger partial charge in [0.15, 0.2) is 0 Å². The normalized spacial score (nSPS) is 28.1. The number of rotatable bonds is 4. The Balaban J connectivity index is 1.50. The van der Waals surface area contributed by atoms with E-state index in [1.54, 1.807) is 6.20 Å². The summed E-state index contributed by atoms with van der Waals surface area (Å²) < 4.78 is 0. The lowest BCUT2D eigenvalue weighted by atomic mass is 9.99. The van der Waals surface area contributed by atoms with E-state index in [2.05, 4.69) is 15.2 Å². The lowest BCUT2D eigenvalue weighted by molar-refractivity contribution is -0.122. The van der Waals surface area contributed by atoms with Crippen molar-refractivity contribution in [2.45, 2.75) is 44.2 Å². The zero-order valence-electron chi connectivity index (χ0n) is 12.7. The summed E-state index contributed by atoms with van der Waals surface area (Å²) in [5.74, 6) is 1.28. The van der Waals surface area contributed by atoms with Crippen molar-refractivity contribution in [1.29, 1.82) is 0 Å². The first kappa shape index (κ1) is 15.6. The second-order valence-corrected chi connectivity index (χ2v) is 6.77. The van der Waals surface area contributed by atoms with Crippen molar-refractivity contribution < 1.29 is 4.79 Å². The van der Waals surface area contributed by atoms with E-state index in [0.717, 1.165) is 44.6 Å². The molecule has 120 valence electrons. The van der Waals surface area contributed by atoms with Gasteiger partial charge in [0.05, 0.1) is 5.02 Å². The van der Waals surface area contributed by atoms with Gasteiger partial charge in [0.25, 0.3) is 0 Å². The van der Waals surface area contributed by atoms with E-state index in [1.165, 1.54) is 0 Å². The SMILES string of the molecule is N[C@@H]1CCC[C@H]1CC(=O)NC1CCN(c2ncccc2Cl)C1. The van der Waals surface area contributed by atoms with Crippen LogP contribution in [0.4, 0.5) is 5.82 Å². The standard InChI is InChI=1S/C16H23ClN4O/c17-13-4-2-7-19-16(13)21-8-6-12(10-21)20-15(22)9-11-3-1-5-14(11)18/h2,4,7,11-12,14H,1,3,5-6,8-10,18H2,(H,20,22)/t11-,12?,14+/m0/s1. The van der Waals surface area contributed by atoms with Crippen molar-refractivity contribution in [3.8, 4) is 0 Å². The molecule has 1 saturated carbocycles. The number of nitrogens with zero attached hydrogens (tertiary/aromatic N) is 2. The average molecular weight is 323 g/mol. The van der Waals surface area contributed by atoms with E-state index in [4.69, 9.17) is 17.3 Å². The maximum Gasteiger partial charge on any atom is 0.220 e. The fourth-order valence-corrected chi connectivity index (χ4v) is 3.77. The molecule has 0 aromatic carbocycles. The monoisotopic (exact) mass is 322 g/mol. The summed E-state index contributed by atoms with van der Waals surface area (Å²) in [6.07, 6.45) is 6.50. The highest BCUT2D eigenvalue weighted by Gasteiger charge is 2.29. The highest BCUT2D eigenvalue weighted by atomic mass is 35.5. The average Bonchev–Trinajstić information content (AvgIpc) is 3.10. The predicted molar refractivity (Wildman–Crippen MR) is 87.9 cm³/mol. The minimum atomic E-state index is 0.126. The van der Waals surface area contributed by atoms with E-state index in [0.29, 0.717) is 17.4 Å². The number of hydrogen-bond donors (Lipinski definition) is 2. The van der Waals surface area contributed by atoms with E-state index in [-0.39, 0.29) is 18.0 Å². The van der Waals surface area contributed by atoms with Gasteiger partial charge in [0.1, 0.15) is 5.82 Å². The van der Waals surface area contributed by atoms with Gasteiger partial charge in [-0.2, -0.15) is 0 Å². The van der Waals surface area contributed by atoms with Crippen molar-refractivity contribution >= 4 is 23.3 Å². The summed E-state index contributed by atoms with van der Waals surface area (Å²) >= 11 is 6.18. The second-order valence-electron chi connectivity index (χ2n) is 6.37. The van der Waals surface area contributed by atoms with Crippen LogP contribution < -0.4 is 16.0 Å². The molecule has 2 aliphatic rings. The number of carbonyl (C=O) groups excluding carboxylic acids is 1. The molecule has 1 aliphatic heterocycles. The summed E-state index contributed by atoms with van der Waals surface area (Å²) in [7, 11) is 0. The quantitative estimate of drug-likeness (QED) is 0.888. The summed E-state index contributed by atoms with van der Waals surface area (Å²) in [5.41, 5.74) is 6.04. The van der Waals surface area contributed by atoms with Crippen LogP contribution in [0, 0.1) is 5.92 Å². The van der Waals surface area contributed by atoms with Crippen LogP contribution in [-0.4, -0.2) is 36.1 Å². The number of halogens is 1. The Labute approximate surface area is 136 Å². The van der Waals surface area contributed by atoms with Crippen LogP contribution in [0.3, 0.4) is 0 Å². The number of hydrogen-bond acceptors (Lipinski definition) is 4. The summed E-state index contributed by atoms with van der Waals surface area (Å²) in [5, 5.41) is 3.80. The maximum absolute atomic E-state index is 12.2. The largest absolute Gasteiger partial charge is 0.353 e. The van der Waals surface area contributed by atoms with Gasteiger partial charge in [-0.05, 0) is 37.3 Å². The second kappa shape index (κ2) is 6.84. The lowest BCUT2D eigenvalue weighted by Gasteiger charge is -2.20. The Morgan fingerprint density at radius 1 is 1.45 bits per heavy atom. The smallest absolute Gasteiger partial charge is 0.220 e. The summed E-state index contributed by atoms with van der Waals surface area (Å²) in [6.45, 7) is 1.63. The zero-order chi connectivity index (χ0) is 15.5. The molecule has 0 radical (unpaired) electrons. The molecule has 22 heavy (non-hydrogen) atoms. The van der Waals surface area contributed by atoms with Crippen molar-refractivity contribution in [2.24, 2.45) is 11.7 Å². The third-order valence-corrected chi connectivity index (χ3v) is 5.05. The molecule has 2 heterocycles. The lowest BCUT2D eigenvalue weighted by Crippen LogP contribution is -2.39. The molecule has 3 rings (SSSR count). The van der Waals surface area contributed by atoms with Gasteiger partial charge < -0.3 is 16.0 Å². The first-order valence-electron chi connectivity index (χ1n) is 8.04. The Hall–Kier alpha value is -1.33. The van der Waals surface area contributed by atoms with Crippen LogP contribution in [0.2, 0.25) is 5.02 Å². The van der Waals surface area contributed by atoms with Crippen LogP contribution in [0.15, 0.2) is 18.3 Å². The van der Waals surface area contributed by atoms with Crippen LogP contribution in [0.25, 0.3) is 0 Å². The molecular formula is C16H23ClN4O. The minimum absolute atomic E-state index is 0.126. The van der Waals surface area contributed by atoms with E-state index in [9.17, 15) is 4.79 Å². The van der Waals surface area contributed by atoms with Gasteiger partial charge in [-0.1, -0.05) is 18.0 Å². The van der Waals surface area contributed by atoms with Crippen molar-refractivity contribution in [1.82, 2.24) is 10.3 Å². The highest BCUT2D eigenvalue weighted by molar-refractivity contribution is 6.32.